The van der Waals surface area contributed by atoms with Crippen molar-refractivity contribution in [1.29, 1.82) is 0 Å². The van der Waals surface area contributed by atoms with Crippen LogP contribution in [0.1, 0.15) is 24.7 Å². The summed E-state index contributed by atoms with van der Waals surface area (Å²) in [5.41, 5.74) is 1.05. The third-order valence-electron chi connectivity index (χ3n) is 4.21. The molecule has 2 rings (SSSR count). The van der Waals surface area contributed by atoms with Crippen LogP contribution in [0.3, 0.4) is 0 Å². The molecule has 1 aromatic rings. The van der Waals surface area contributed by atoms with Gasteiger partial charge in [0, 0.05) is 38.9 Å². The molecule has 0 aliphatic carbocycles. The van der Waals surface area contributed by atoms with Gasteiger partial charge in [0.15, 0.2) is 0 Å². The average molecular weight is 321 g/mol. The number of carbonyl (C=O) groups excluding carboxylic acids is 1. The van der Waals surface area contributed by atoms with E-state index in [9.17, 15) is 9.90 Å². The molecule has 2 heterocycles. The van der Waals surface area contributed by atoms with E-state index in [0.29, 0.717) is 18.9 Å². The Bertz CT molecular complexity index is 549. The van der Waals surface area contributed by atoms with Gasteiger partial charge in [-0.25, -0.2) is 9.97 Å². The summed E-state index contributed by atoms with van der Waals surface area (Å²) in [6, 6.07) is -0.0553. The van der Waals surface area contributed by atoms with Crippen molar-refractivity contribution in [3.63, 3.8) is 0 Å². The number of rotatable bonds is 5. The average Bonchev–Trinajstić information content (AvgIpc) is 2.50. The van der Waals surface area contributed by atoms with E-state index in [4.69, 9.17) is 0 Å². The smallest absolute Gasteiger partial charge is 0.236 e. The summed E-state index contributed by atoms with van der Waals surface area (Å²) in [5, 5.41) is 13.8. The van der Waals surface area contributed by atoms with Crippen LogP contribution in [0.25, 0.3) is 0 Å². The van der Waals surface area contributed by atoms with E-state index in [1.807, 2.05) is 18.0 Å². The lowest BCUT2D eigenvalue weighted by atomic mass is 10.0. The van der Waals surface area contributed by atoms with Gasteiger partial charge in [-0.05, 0) is 19.8 Å². The lowest BCUT2D eigenvalue weighted by molar-refractivity contribution is -0.130. The Morgan fingerprint density at radius 1 is 1.52 bits per heavy atom. The van der Waals surface area contributed by atoms with Crippen LogP contribution < -0.4 is 5.32 Å². The van der Waals surface area contributed by atoms with E-state index in [0.717, 1.165) is 30.8 Å². The maximum Gasteiger partial charge on any atom is 0.236 e. The number of carbonyl (C=O) groups is 1. The third-order valence-corrected chi connectivity index (χ3v) is 4.21. The van der Waals surface area contributed by atoms with Crippen LogP contribution in [0, 0.1) is 6.92 Å². The van der Waals surface area contributed by atoms with Crippen molar-refractivity contribution in [2.75, 3.05) is 39.0 Å². The molecule has 1 aliphatic rings. The molecule has 1 fully saturated rings. The normalized spacial score (nSPS) is 22.0. The van der Waals surface area contributed by atoms with Crippen molar-refractivity contribution in [1.82, 2.24) is 19.8 Å². The van der Waals surface area contributed by atoms with Crippen molar-refractivity contribution < 1.29 is 9.90 Å². The highest BCUT2D eigenvalue weighted by Gasteiger charge is 2.29. The molecule has 0 unspecified atom stereocenters. The predicted octanol–water partition coefficient (Wildman–Crippen LogP) is 0.283. The van der Waals surface area contributed by atoms with Gasteiger partial charge in [0.05, 0.1) is 18.7 Å². The van der Waals surface area contributed by atoms with Crippen LogP contribution in [0.15, 0.2) is 6.20 Å². The molecule has 7 heteroatoms. The summed E-state index contributed by atoms with van der Waals surface area (Å²) in [4.78, 5) is 24.0. The zero-order chi connectivity index (χ0) is 17.0. The fraction of sp³-hybridized carbons (Fsp3) is 0.688. The SMILES string of the molecule is CCc1cnc(C)nc1N[C@@H]1CCN(CC(=O)N(C)C)C[C@H]1O. The van der Waals surface area contributed by atoms with E-state index in [1.54, 1.807) is 19.0 Å². The highest BCUT2D eigenvalue weighted by atomic mass is 16.3. The van der Waals surface area contributed by atoms with Gasteiger partial charge in [-0.1, -0.05) is 6.92 Å². The summed E-state index contributed by atoms with van der Waals surface area (Å²) in [6.07, 6.45) is 2.92. The first-order valence-electron chi connectivity index (χ1n) is 8.10. The van der Waals surface area contributed by atoms with E-state index >= 15 is 0 Å². The molecular formula is C16H27N5O2. The number of hydrogen-bond acceptors (Lipinski definition) is 6. The topological polar surface area (TPSA) is 81.6 Å². The number of aromatic nitrogens is 2. The lowest BCUT2D eigenvalue weighted by Crippen LogP contribution is -2.52. The number of nitrogens with one attached hydrogen (secondary N) is 1. The number of piperidine rings is 1. The molecule has 0 aromatic carbocycles. The molecule has 23 heavy (non-hydrogen) atoms. The Kier molecular flexibility index (Phi) is 5.90. The van der Waals surface area contributed by atoms with Crippen molar-refractivity contribution in [3.05, 3.63) is 17.6 Å². The van der Waals surface area contributed by atoms with Crippen LogP contribution in [0.2, 0.25) is 0 Å². The molecule has 1 amide bonds. The van der Waals surface area contributed by atoms with Crippen LogP contribution >= 0.6 is 0 Å². The Morgan fingerprint density at radius 3 is 2.87 bits per heavy atom. The number of aliphatic hydroxyl groups is 1. The number of amides is 1. The number of likely N-dealkylation sites (N-methyl/N-ethyl adjacent to an activating group) is 1. The first kappa shape index (κ1) is 17.6. The number of nitrogens with zero attached hydrogens (tertiary/aromatic N) is 4. The minimum absolute atomic E-state index is 0.0553. The fourth-order valence-electron chi connectivity index (χ4n) is 2.70. The summed E-state index contributed by atoms with van der Waals surface area (Å²) in [5.74, 6) is 1.58. The second kappa shape index (κ2) is 7.70. The Morgan fingerprint density at radius 2 is 2.26 bits per heavy atom. The molecule has 2 atom stereocenters. The minimum atomic E-state index is -0.529. The third kappa shape index (κ3) is 4.62. The summed E-state index contributed by atoms with van der Waals surface area (Å²) in [7, 11) is 3.49. The van der Waals surface area contributed by atoms with Crippen molar-refractivity contribution in [3.8, 4) is 0 Å². The van der Waals surface area contributed by atoms with Gasteiger partial charge in [-0.3, -0.25) is 9.69 Å². The first-order valence-corrected chi connectivity index (χ1v) is 8.10. The molecule has 7 nitrogen and oxygen atoms in total. The summed E-state index contributed by atoms with van der Waals surface area (Å²) in [6.45, 7) is 5.54. The minimum Gasteiger partial charge on any atom is -0.390 e. The molecule has 1 aliphatic heterocycles. The number of likely N-dealkylation sites (tertiary alicyclic amines) is 1. The highest BCUT2D eigenvalue weighted by molar-refractivity contribution is 5.77. The maximum absolute atomic E-state index is 11.8. The largest absolute Gasteiger partial charge is 0.390 e. The van der Waals surface area contributed by atoms with Crippen LogP contribution in [-0.4, -0.2) is 76.7 Å². The van der Waals surface area contributed by atoms with E-state index < -0.39 is 6.10 Å². The second-order valence-electron chi connectivity index (χ2n) is 6.27. The lowest BCUT2D eigenvalue weighted by Gasteiger charge is -2.36. The maximum atomic E-state index is 11.8. The summed E-state index contributed by atoms with van der Waals surface area (Å²) < 4.78 is 0. The van der Waals surface area contributed by atoms with Gasteiger partial charge in [-0.2, -0.15) is 0 Å². The zero-order valence-electron chi connectivity index (χ0n) is 14.4. The van der Waals surface area contributed by atoms with Gasteiger partial charge < -0.3 is 15.3 Å². The molecule has 1 aromatic heterocycles. The molecule has 0 saturated carbocycles. The van der Waals surface area contributed by atoms with Crippen molar-refractivity contribution >= 4 is 11.7 Å². The zero-order valence-corrected chi connectivity index (χ0v) is 14.4. The van der Waals surface area contributed by atoms with Crippen LogP contribution in [-0.2, 0) is 11.2 Å². The second-order valence-corrected chi connectivity index (χ2v) is 6.27. The molecule has 128 valence electrons. The standard InChI is InChI=1S/C16H27N5O2/c1-5-12-8-17-11(2)18-16(12)19-13-6-7-21(9-14(13)22)10-15(23)20(3)4/h8,13-14,22H,5-7,9-10H2,1-4H3,(H,17,18,19)/t13-,14-/m1/s1. The first-order chi connectivity index (χ1) is 10.9. The molecule has 0 bridgehead atoms. The van der Waals surface area contributed by atoms with Gasteiger partial charge in [0.1, 0.15) is 11.6 Å². The van der Waals surface area contributed by atoms with Crippen LogP contribution in [0.4, 0.5) is 5.82 Å². The fourth-order valence-corrected chi connectivity index (χ4v) is 2.70. The van der Waals surface area contributed by atoms with E-state index in [1.165, 1.54) is 0 Å². The number of aliphatic hydroxyl groups excluding tert-OH is 1. The van der Waals surface area contributed by atoms with Crippen molar-refractivity contribution in [2.45, 2.75) is 38.8 Å². The molecule has 0 spiro atoms. The number of anilines is 1. The molecule has 0 radical (unpaired) electrons. The van der Waals surface area contributed by atoms with Crippen molar-refractivity contribution in [2.24, 2.45) is 0 Å². The quantitative estimate of drug-likeness (QED) is 0.811. The summed E-state index contributed by atoms with van der Waals surface area (Å²) >= 11 is 0. The molecule has 1 saturated heterocycles. The van der Waals surface area contributed by atoms with Gasteiger partial charge in [-0.15, -0.1) is 0 Å². The van der Waals surface area contributed by atoms with Crippen LogP contribution in [0.5, 0.6) is 0 Å². The molecule has 2 N–H and O–H groups in total. The number of β-amino-alcohol motifs (C(OH)–C–C–N with tert-alkyl or cyclic N) is 1. The highest BCUT2D eigenvalue weighted by Crippen LogP contribution is 2.19. The Balaban J connectivity index is 1.96. The molecular weight excluding hydrogens is 294 g/mol. The van der Waals surface area contributed by atoms with Gasteiger partial charge >= 0.3 is 0 Å². The Hall–Kier alpha value is -1.73. The monoisotopic (exact) mass is 321 g/mol. The van der Waals surface area contributed by atoms with Gasteiger partial charge in [0.2, 0.25) is 5.91 Å². The van der Waals surface area contributed by atoms with E-state index in [-0.39, 0.29) is 11.9 Å². The van der Waals surface area contributed by atoms with Gasteiger partial charge in [0.25, 0.3) is 0 Å². The predicted molar refractivity (Wildman–Crippen MR) is 89.3 cm³/mol. The number of hydrogen-bond donors (Lipinski definition) is 2. The number of aryl methyl sites for hydroxylation is 2. The Labute approximate surface area is 137 Å². The van der Waals surface area contributed by atoms with E-state index in [2.05, 4.69) is 22.2 Å².